The monoisotopic (exact) mass is 531 g/mol. The molecule has 4 heterocycles. The Labute approximate surface area is 213 Å². The molecule has 0 unspecified atom stereocenters. The maximum absolute atomic E-state index is 14.0. The molecule has 1 aliphatic heterocycles. The van der Waals surface area contributed by atoms with Crippen LogP contribution in [0.25, 0.3) is 28.4 Å². The Morgan fingerprint density at radius 3 is 2.51 bits per heavy atom. The Balaban J connectivity index is 1.71. The van der Waals surface area contributed by atoms with Crippen molar-refractivity contribution >= 4 is 63.8 Å². The van der Waals surface area contributed by atoms with Crippen LogP contribution in [0.2, 0.25) is 15.1 Å². The van der Waals surface area contributed by atoms with Gasteiger partial charge in [-0.2, -0.15) is 0 Å². The zero-order chi connectivity index (χ0) is 24.9. The number of benzene rings is 1. The second kappa shape index (κ2) is 8.80. The second-order valence-corrected chi connectivity index (χ2v) is 9.58. The summed E-state index contributed by atoms with van der Waals surface area (Å²) in [5.41, 5.74) is 1.02. The number of ether oxygens (including phenoxy) is 1. The molecule has 3 aromatic heterocycles. The van der Waals surface area contributed by atoms with Crippen LogP contribution in [0, 0.1) is 0 Å². The van der Waals surface area contributed by atoms with Crippen LogP contribution in [0.5, 0.6) is 0 Å². The molecule has 178 valence electrons. The number of nitrogens with zero attached hydrogens (tertiary/aromatic N) is 3. The minimum atomic E-state index is -1.09. The largest absolute Gasteiger partial charge is 0.478 e. The zero-order valence-corrected chi connectivity index (χ0v) is 20.4. The smallest absolute Gasteiger partial charge is 0.328 e. The highest BCUT2D eigenvalue weighted by Gasteiger charge is 2.44. The molecule has 0 atom stereocenters. The van der Waals surface area contributed by atoms with Gasteiger partial charge < -0.3 is 14.4 Å². The van der Waals surface area contributed by atoms with Crippen LogP contribution in [0.4, 0.5) is 0 Å². The summed E-state index contributed by atoms with van der Waals surface area (Å²) in [6.07, 6.45) is 5.52. The van der Waals surface area contributed by atoms with E-state index in [0.29, 0.717) is 46.2 Å². The van der Waals surface area contributed by atoms with Crippen LogP contribution in [0.1, 0.15) is 28.6 Å². The molecule has 5 rings (SSSR count). The first-order valence-electron chi connectivity index (χ1n) is 10.3. The van der Waals surface area contributed by atoms with E-state index in [-0.39, 0.29) is 21.3 Å². The molecule has 0 saturated carbocycles. The Morgan fingerprint density at radius 1 is 1.17 bits per heavy atom. The minimum absolute atomic E-state index is 0.174. The lowest BCUT2D eigenvalue weighted by molar-refractivity contribution is -0.131. The number of fused-ring (bicyclic) bond motifs is 1. The number of halogens is 3. The standard InChI is InChI=1S/C24H16Cl3N3O5/c1-24(10-34-11-24)21-19(20(29-35-21)18-15(26)8-13(25)9-16(18)27)23(33)30-7-5-14-12(2-3-17(31)32)4-6-28-22(14)30/h2-9H,10-11H2,1H3,(H,31,32)/b3-2+. The van der Waals surface area contributed by atoms with Gasteiger partial charge in [0.15, 0.2) is 5.76 Å². The number of aliphatic carboxylic acids is 1. The molecule has 1 aliphatic rings. The first-order chi connectivity index (χ1) is 16.7. The van der Waals surface area contributed by atoms with E-state index < -0.39 is 17.3 Å². The summed E-state index contributed by atoms with van der Waals surface area (Å²) >= 11 is 19.0. The number of hydrogen-bond acceptors (Lipinski definition) is 6. The summed E-state index contributed by atoms with van der Waals surface area (Å²) in [4.78, 5) is 29.3. The summed E-state index contributed by atoms with van der Waals surface area (Å²) in [6.45, 7) is 2.60. The normalized spacial score (nSPS) is 15.0. The van der Waals surface area contributed by atoms with Crippen molar-refractivity contribution in [3.05, 3.63) is 74.7 Å². The number of pyridine rings is 1. The van der Waals surface area contributed by atoms with Gasteiger partial charge in [0.05, 0.1) is 28.7 Å². The van der Waals surface area contributed by atoms with Crippen molar-refractivity contribution in [1.82, 2.24) is 14.7 Å². The molecular weight excluding hydrogens is 517 g/mol. The SMILES string of the molecule is CC1(c2onc(-c3c(Cl)cc(Cl)cc3Cl)c2C(=O)n2ccc3c(/C=C/C(=O)O)ccnc32)COC1. The van der Waals surface area contributed by atoms with Gasteiger partial charge in [-0.3, -0.25) is 9.36 Å². The maximum atomic E-state index is 14.0. The Bertz CT molecular complexity index is 1510. The van der Waals surface area contributed by atoms with Gasteiger partial charge in [0.1, 0.15) is 16.9 Å². The Morgan fingerprint density at radius 2 is 1.89 bits per heavy atom. The van der Waals surface area contributed by atoms with Gasteiger partial charge in [0.2, 0.25) is 0 Å². The number of hydrogen-bond donors (Lipinski definition) is 1. The van der Waals surface area contributed by atoms with Gasteiger partial charge in [-0.05, 0) is 42.8 Å². The molecule has 0 radical (unpaired) electrons. The maximum Gasteiger partial charge on any atom is 0.328 e. The van der Waals surface area contributed by atoms with Crippen molar-refractivity contribution in [2.24, 2.45) is 0 Å². The summed E-state index contributed by atoms with van der Waals surface area (Å²) in [5, 5.41) is 14.5. The third-order valence-corrected chi connectivity index (χ3v) is 6.60. The number of carbonyl (C=O) groups is 2. The molecule has 1 N–H and O–H groups in total. The topological polar surface area (TPSA) is 107 Å². The van der Waals surface area contributed by atoms with Crippen LogP contribution in [-0.4, -0.2) is 44.9 Å². The lowest BCUT2D eigenvalue weighted by Gasteiger charge is -2.36. The van der Waals surface area contributed by atoms with Crippen molar-refractivity contribution in [2.75, 3.05) is 13.2 Å². The van der Waals surface area contributed by atoms with E-state index in [2.05, 4.69) is 10.1 Å². The summed E-state index contributed by atoms with van der Waals surface area (Å²) in [5.74, 6) is -1.21. The first-order valence-corrected chi connectivity index (χ1v) is 11.5. The van der Waals surface area contributed by atoms with Crippen LogP contribution in [0.3, 0.4) is 0 Å². The fraction of sp³-hybridized carbons (Fsp3) is 0.167. The van der Waals surface area contributed by atoms with E-state index in [1.165, 1.54) is 29.0 Å². The third-order valence-electron chi connectivity index (χ3n) is 5.78. The average molecular weight is 533 g/mol. The predicted molar refractivity (Wildman–Crippen MR) is 131 cm³/mol. The summed E-state index contributed by atoms with van der Waals surface area (Å²) < 4.78 is 12.4. The average Bonchev–Trinajstić information content (AvgIpc) is 3.40. The van der Waals surface area contributed by atoms with Crippen LogP contribution < -0.4 is 0 Å². The fourth-order valence-electron chi connectivity index (χ4n) is 4.03. The summed E-state index contributed by atoms with van der Waals surface area (Å²) in [6, 6.07) is 6.36. The molecule has 1 aromatic carbocycles. The quantitative estimate of drug-likeness (QED) is 0.327. The fourth-order valence-corrected chi connectivity index (χ4v) is 5.02. The highest BCUT2D eigenvalue weighted by molar-refractivity contribution is 6.42. The molecule has 0 aliphatic carbocycles. The molecule has 1 saturated heterocycles. The van der Waals surface area contributed by atoms with Crippen LogP contribution in [0.15, 0.2) is 47.3 Å². The van der Waals surface area contributed by atoms with Gasteiger partial charge in [-0.25, -0.2) is 9.78 Å². The minimum Gasteiger partial charge on any atom is -0.478 e. The molecule has 8 nitrogen and oxygen atoms in total. The van der Waals surface area contributed by atoms with Crippen molar-refractivity contribution < 1.29 is 24.0 Å². The van der Waals surface area contributed by atoms with E-state index in [1.807, 2.05) is 6.92 Å². The molecular formula is C24H16Cl3N3O5. The van der Waals surface area contributed by atoms with Crippen molar-refractivity contribution in [2.45, 2.75) is 12.3 Å². The number of carbonyl (C=O) groups excluding carboxylic acids is 1. The zero-order valence-electron chi connectivity index (χ0n) is 18.1. The van der Waals surface area contributed by atoms with Gasteiger partial charge >= 0.3 is 5.97 Å². The van der Waals surface area contributed by atoms with E-state index in [1.54, 1.807) is 18.3 Å². The van der Waals surface area contributed by atoms with Crippen LogP contribution >= 0.6 is 34.8 Å². The number of carboxylic acid groups (broad SMARTS) is 1. The Kier molecular flexibility index (Phi) is 5.93. The molecule has 35 heavy (non-hydrogen) atoms. The number of aromatic nitrogens is 3. The highest BCUT2D eigenvalue weighted by atomic mass is 35.5. The molecule has 0 bridgehead atoms. The molecule has 4 aromatic rings. The number of carboxylic acids is 1. The lowest BCUT2D eigenvalue weighted by atomic mass is 9.82. The third kappa shape index (κ3) is 4.02. The van der Waals surface area contributed by atoms with E-state index in [4.69, 9.17) is 49.2 Å². The van der Waals surface area contributed by atoms with Crippen molar-refractivity contribution in [3.63, 3.8) is 0 Å². The first kappa shape index (κ1) is 23.6. The van der Waals surface area contributed by atoms with Gasteiger partial charge in [0, 0.05) is 34.4 Å². The second-order valence-electron chi connectivity index (χ2n) is 8.33. The van der Waals surface area contributed by atoms with Gasteiger partial charge in [0.25, 0.3) is 5.91 Å². The van der Waals surface area contributed by atoms with Crippen molar-refractivity contribution in [1.29, 1.82) is 0 Å². The molecule has 0 amide bonds. The Hall–Kier alpha value is -3.17. The predicted octanol–water partition coefficient (Wildman–Crippen LogP) is 5.73. The van der Waals surface area contributed by atoms with Crippen molar-refractivity contribution in [3.8, 4) is 11.3 Å². The molecule has 0 spiro atoms. The number of rotatable bonds is 5. The van der Waals surface area contributed by atoms with E-state index in [0.717, 1.165) is 6.08 Å². The van der Waals surface area contributed by atoms with E-state index >= 15 is 0 Å². The lowest BCUT2D eigenvalue weighted by Crippen LogP contribution is -2.44. The van der Waals surface area contributed by atoms with E-state index in [9.17, 15) is 9.59 Å². The van der Waals surface area contributed by atoms with Gasteiger partial charge in [-0.1, -0.05) is 40.0 Å². The van der Waals surface area contributed by atoms with Crippen LogP contribution in [-0.2, 0) is 14.9 Å². The summed E-state index contributed by atoms with van der Waals surface area (Å²) in [7, 11) is 0. The molecule has 1 fully saturated rings. The molecule has 11 heteroatoms. The highest BCUT2D eigenvalue weighted by Crippen LogP contribution is 2.43. The van der Waals surface area contributed by atoms with Gasteiger partial charge in [-0.15, -0.1) is 0 Å².